The third-order valence-corrected chi connectivity index (χ3v) is 4.31. The first-order valence-corrected chi connectivity index (χ1v) is 8.00. The summed E-state index contributed by atoms with van der Waals surface area (Å²) in [7, 11) is 0. The average Bonchev–Trinajstić information content (AvgIpc) is 2.58. The lowest BCUT2D eigenvalue weighted by Crippen LogP contribution is -2.39. The van der Waals surface area contributed by atoms with Crippen LogP contribution in [0.5, 0.6) is 0 Å². The zero-order valence-corrected chi connectivity index (χ0v) is 13.1. The lowest BCUT2D eigenvalue weighted by Gasteiger charge is -2.26. The van der Waals surface area contributed by atoms with Crippen molar-refractivity contribution in [3.05, 3.63) is 64.3 Å². The summed E-state index contributed by atoms with van der Waals surface area (Å²) in [4.78, 5) is 24.4. The molecule has 5 nitrogen and oxygen atoms in total. The molecular weight excluding hydrogens is 311 g/mol. The number of nitrogens with zero attached hydrogens (tertiary/aromatic N) is 1. The van der Waals surface area contributed by atoms with Gasteiger partial charge in [-0.3, -0.25) is 14.2 Å². The van der Waals surface area contributed by atoms with Crippen molar-refractivity contribution in [3.63, 3.8) is 0 Å². The fourth-order valence-electron chi connectivity index (χ4n) is 2.91. The van der Waals surface area contributed by atoms with Crippen molar-refractivity contribution in [2.45, 2.75) is 37.8 Å². The van der Waals surface area contributed by atoms with Crippen molar-refractivity contribution in [2.24, 2.45) is 0 Å². The second kappa shape index (κ2) is 6.97. The fraction of sp³-hybridized carbons (Fsp3) is 0.333. The van der Waals surface area contributed by atoms with Crippen molar-refractivity contribution < 1.29 is 14.3 Å². The van der Waals surface area contributed by atoms with Crippen LogP contribution in [0, 0.1) is 5.82 Å². The molecule has 0 saturated heterocycles. The van der Waals surface area contributed by atoms with Crippen LogP contribution in [0.4, 0.5) is 4.39 Å². The van der Waals surface area contributed by atoms with E-state index in [1.54, 1.807) is 0 Å². The highest BCUT2D eigenvalue weighted by Crippen LogP contribution is 2.18. The van der Waals surface area contributed by atoms with Gasteiger partial charge in [0.1, 0.15) is 5.82 Å². The second-order valence-electron chi connectivity index (χ2n) is 6.08. The standard InChI is InChI=1S/C18H19FN2O3/c19-13-2-6-15(7-3-13)21-11-12(1-10-17(21)23)18(24)20-14-4-8-16(22)9-5-14/h1-3,6-7,10-11,14,16,22H,4-5,8-9H2,(H,20,24). The molecule has 1 aliphatic carbocycles. The minimum absolute atomic E-state index is 0.0344. The topological polar surface area (TPSA) is 71.3 Å². The summed E-state index contributed by atoms with van der Waals surface area (Å²) in [5.74, 6) is -0.646. The number of aliphatic hydroxyl groups is 1. The molecule has 0 aliphatic heterocycles. The van der Waals surface area contributed by atoms with E-state index >= 15 is 0 Å². The summed E-state index contributed by atoms with van der Waals surface area (Å²) < 4.78 is 14.3. The first kappa shape index (κ1) is 16.4. The van der Waals surface area contributed by atoms with Crippen LogP contribution < -0.4 is 10.9 Å². The van der Waals surface area contributed by atoms with Crippen LogP contribution in [-0.2, 0) is 0 Å². The molecule has 126 valence electrons. The maximum Gasteiger partial charge on any atom is 0.255 e. The molecule has 3 rings (SSSR count). The van der Waals surface area contributed by atoms with Gasteiger partial charge < -0.3 is 10.4 Å². The van der Waals surface area contributed by atoms with E-state index in [9.17, 15) is 19.1 Å². The molecule has 0 bridgehead atoms. The van der Waals surface area contributed by atoms with E-state index in [1.165, 1.54) is 47.2 Å². The van der Waals surface area contributed by atoms with Crippen molar-refractivity contribution in [1.29, 1.82) is 0 Å². The lowest BCUT2D eigenvalue weighted by atomic mass is 9.93. The Morgan fingerprint density at radius 2 is 1.75 bits per heavy atom. The van der Waals surface area contributed by atoms with Gasteiger partial charge in [-0.2, -0.15) is 0 Å². The van der Waals surface area contributed by atoms with E-state index in [1.807, 2.05) is 0 Å². The van der Waals surface area contributed by atoms with E-state index in [-0.39, 0.29) is 29.4 Å². The third-order valence-electron chi connectivity index (χ3n) is 4.31. The van der Waals surface area contributed by atoms with Crippen LogP contribution in [-0.4, -0.2) is 27.7 Å². The molecule has 2 N–H and O–H groups in total. The van der Waals surface area contributed by atoms with Gasteiger partial charge in [0.2, 0.25) is 0 Å². The van der Waals surface area contributed by atoms with Gasteiger partial charge in [-0.25, -0.2) is 4.39 Å². The minimum Gasteiger partial charge on any atom is -0.393 e. The third kappa shape index (κ3) is 3.71. The molecule has 1 heterocycles. The molecule has 1 aromatic carbocycles. The van der Waals surface area contributed by atoms with Crippen LogP contribution in [0.15, 0.2) is 47.4 Å². The van der Waals surface area contributed by atoms with Gasteiger partial charge in [0.25, 0.3) is 11.5 Å². The molecule has 1 saturated carbocycles. The number of halogens is 1. The highest BCUT2D eigenvalue weighted by Gasteiger charge is 2.21. The van der Waals surface area contributed by atoms with Crippen LogP contribution in [0.25, 0.3) is 5.69 Å². The predicted molar refractivity (Wildman–Crippen MR) is 87.7 cm³/mol. The largest absolute Gasteiger partial charge is 0.393 e. The summed E-state index contributed by atoms with van der Waals surface area (Å²) in [5, 5.41) is 12.5. The molecule has 6 heteroatoms. The smallest absolute Gasteiger partial charge is 0.255 e. The Balaban J connectivity index is 1.79. The SMILES string of the molecule is O=C(NC1CCC(O)CC1)c1ccc(=O)n(-c2ccc(F)cc2)c1. The number of aromatic nitrogens is 1. The summed E-state index contributed by atoms with van der Waals surface area (Å²) in [6, 6.07) is 8.34. The van der Waals surface area contributed by atoms with Gasteiger partial charge in [-0.1, -0.05) is 0 Å². The van der Waals surface area contributed by atoms with Gasteiger partial charge in [0.05, 0.1) is 11.7 Å². The lowest BCUT2D eigenvalue weighted by molar-refractivity contribution is 0.0867. The molecule has 0 atom stereocenters. The molecule has 0 spiro atoms. The van der Waals surface area contributed by atoms with E-state index in [4.69, 9.17) is 0 Å². The number of carbonyl (C=O) groups is 1. The van der Waals surface area contributed by atoms with E-state index < -0.39 is 0 Å². The zero-order valence-electron chi connectivity index (χ0n) is 13.1. The molecule has 1 aromatic heterocycles. The van der Waals surface area contributed by atoms with Crippen LogP contribution in [0.3, 0.4) is 0 Å². The summed E-state index contributed by atoms with van der Waals surface area (Å²) in [6.07, 6.45) is 4.02. The maximum absolute atomic E-state index is 13.0. The number of nitrogens with one attached hydrogen (secondary N) is 1. The average molecular weight is 330 g/mol. The normalized spacial score (nSPS) is 20.6. The second-order valence-corrected chi connectivity index (χ2v) is 6.08. The molecular formula is C18H19FN2O3. The summed E-state index contributed by atoms with van der Waals surface area (Å²) in [5.41, 5.74) is 0.570. The van der Waals surface area contributed by atoms with Gasteiger partial charge >= 0.3 is 0 Å². The molecule has 0 radical (unpaired) electrons. The molecule has 24 heavy (non-hydrogen) atoms. The van der Waals surface area contributed by atoms with E-state index in [0.717, 1.165) is 12.8 Å². The summed E-state index contributed by atoms with van der Waals surface area (Å²) in [6.45, 7) is 0. The molecule has 1 fully saturated rings. The highest BCUT2D eigenvalue weighted by molar-refractivity contribution is 5.94. The van der Waals surface area contributed by atoms with Crippen LogP contribution in [0.1, 0.15) is 36.0 Å². The quantitative estimate of drug-likeness (QED) is 0.904. The van der Waals surface area contributed by atoms with Crippen LogP contribution >= 0.6 is 0 Å². The highest BCUT2D eigenvalue weighted by atomic mass is 19.1. The number of pyridine rings is 1. The number of aliphatic hydroxyl groups excluding tert-OH is 1. The number of rotatable bonds is 3. The Hall–Kier alpha value is -2.47. The van der Waals surface area contributed by atoms with Gasteiger partial charge in [-0.05, 0) is 56.0 Å². The van der Waals surface area contributed by atoms with Crippen molar-refractivity contribution >= 4 is 5.91 Å². The van der Waals surface area contributed by atoms with Gasteiger partial charge in [-0.15, -0.1) is 0 Å². The Morgan fingerprint density at radius 1 is 1.08 bits per heavy atom. The minimum atomic E-state index is -0.389. The van der Waals surface area contributed by atoms with Crippen molar-refractivity contribution in [2.75, 3.05) is 0 Å². The Bertz CT molecular complexity index is 778. The van der Waals surface area contributed by atoms with Gasteiger partial charge in [0, 0.05) is 24.0 Å². The van der Waals surface area contributed by atoms with Gasteiger partial charge in [0.15, 0.2) is 0 Å². The molecule has 1 amide bonds. The Kier molecular flexibility index (Phi) is 4.76. The fourth-order valence-corrected chi connectivity index (χ4v) is 2.91. The maximum atomic E-state index is 13.0. The van der Waals surface area contributed by atoms with E-state index in [2.05, 4.69) is 5.32 Å². The number of benzene rings is 1. The summed E-state index contributed by atoms with van der Waals surface area (Å²) >= 11 is 0. The number of amides is 1. The van der Waals surface area contributed by atoms with E-state index in [0.29, 0.717) is 24.1 Å². The Morgan fingerprint density at radius 3 is 2.42 bits per heavy atom. The first-order chi connectivity index (χ1) is 11.5. The zero-order chi connectivity index (χ0) is 17.1. The number of hydrogen-bond donors (Lipinski definition) is 2. The first-order valence-electron chi connectivity index (χ1n) is 8.00. The van der Waals surface area contributed by atoms with Crippen molar-refractivity contribution in [3.8, 4) is 5.69 Å². The Labute approximate surface area is 138 Å². The van der Waals surface area contributed by atoms with Crippen molar-refractivity contribution in [1.82, 2.24) is 9.88 Å². The number of hydrogen-bond acceptors (Lipinski definition) is 3. The molecule has 1 aliphatic rings. The number of carbonyl (C=O) groups excluding carboxylic acids is 1. The molecule has 0 unspecified atom stereocenters. The monoisotopic (exact) mass is 330 g/mol. The molecule has 2 aromatic rings. The van der Waals surface area contributed by atoms with Crippen LogP contribution in [0.2, 0.25) is 0 Å². The predicted octanol–water partition coefficient (Wildman–Crippen LogP) is 2.01.